The number of phenolic OH excluding ortho intramolecular Hbond substituents is 1. The van der Waals surface area contributed by atoms with E-state index in [0.717, 1.165) is 22.8 Å². The molecule has 0 saturated heterocycles. The van der Waals surface area contributed by atoms with Gasteiger partial charge in [0.15, 0.2) is 0 Å². The van der Waals surface area contributed by atoms with Gasteiger partial charge in [0.2, 0.25) is 0 Å². The van der Waals surface area contributed by atoms with Crippen LogP contribution in [-0.2, 0) is 4.74 Å². The van der Waals surface area contributed by atoms with Crippen molar-refractivity contribution in [1.82, 2.24) is 5.32 Å². The summed E-state index contributed by atoms with van der Waals surface area (Å²) < 4.78 is 5.16. The van der Waals surface area contributed by atoms with E-state index in [4.69, 9.17) is 4.74 Å². The quantitative estimate of drug-likeness (QED) is 0.819. The van der Waals surface area contributed by atoms with Crippen LogP contribution in [0.1, 0.15) is 32.8 Å². The summed E-state index contributed by atoms with van der Waals surface area (Å²) in [5.74, 6) is 0.264. The first-order chi connectivity index (χ1) is 10.8. The van der Waals surface area contributed by atoms with E-state index >= 15 is 0 Å². The number of benzene rings is 2. The molecule has 0 aromatic heterocycles. The van der Waals surface area contributed by atoms with Crippen LogP contribution >= 0.6 is 0 Å². The fourth-order valence-electron chi connectivity index (χ4n) is 2.15. The maximum atomic E-state index is 11.5. The van der Waals surface area contributed by atoms with Crippen LogP contribution in [0, 0.1) is 0 Å². The lowest BCUT2D eigenvalue weighted by atomic mass is 10.1. The van der Waals surface area contributed by atoms with Crippen molar-refractivity contribution in [1.29, 1.82) is 0 Å². The predicted octanol–water partition coefficient (Wildman–Crippen LogP) is 4.47. The first-order valence-corrected chi connectivity index (χ1v) is 7.70. The van der Waals surface area contributed by atoms with Crippen molar-refractivity contribution in [3.63, 3.8) is 0 Å². The summed E-state index contributed by atoms with van der Waals surface area (Å²) in [6, 6.07) is 11.4. The van der Waals surface area contributed by atoms with Crippen LogP contribution in [0.3, 0.4) is 0 Å². The summed E-state index contributed by atoms with van der Waals surface area (Å²) in [7, 11) is 0. The number of alkyl carbamates (subject to hydrolysis) is 1. The maximum Gasteiger partial charge on any atom is 0.407 e. The Balaban J connectivity index is 1.85. The van der Waals surface area contributed by atoms with Gasteiger partial charge in [0, 0.05) is 6.54 Å². The van der Waals surface area contributed by atoms with Gasteiger partial charge in [-0.1, -0.05) is 30.4 Å². The van der Waals surface area contributed by atoms with E-state index in [1.807, 2.05) is 57.2 Å². The smallest absolute Gasteiger partial charge is 0.407 e. The van der Waals surface area contributed by atoms with Gasteiger partial charge in [-0.05, 0) is 61.7 Å². The molecule has 122 valence electrons. The summed E-state index contributed by atoms with van der Waals surface area (Å²) in [6.45, 7) is 6.04. The molecule has 0 atom stereocenters. The molecule has 0 aliphatic carbocycles. The van der Waals surface area contributed by atoms with Crippen molar-refractivity contribution in [2.75, 3.05) is 6.54 Å². The second kappa shape index (κ2) is 7.18. The molecule has 4 nitrogen and oxygen atoms in total. The molecule has 0 unspecified atom stereocenters. The normalized spacial score (nSPS) is 11.8. The number of carbonyl (C=O) groups excluding carboxylic acids is 1. The molecule has 2 aromatic rings. The molecule has 1 amide bonds. The lowest BCUT2D eigenvalue weighted by Gasteiger charge is -2.19. The molecular formula is C19H23NO3. The Morgan fingerprint density at radius 2 is 1.91 bits per heavy atom. The number of fused-ring (bicyclic) bond motifs is 1. The van der Waals surface area contributed by atoms with Crippen molar-refractivity contribution in [3.05, 3.63) is 48.0 Å². The molecule has 4 heteroatoms. The van der Waals surface area contributed by atoms with E-state index in [9.17, 15) is 9.90 Å². The van der Waals surface area contributed by atoms with Crippen LogP contribution in [0.2, 0.25) is 0 Å². The number of phenols is 1. The van der Waals surface area contributed by atoms with E-state index in [0.29, 0.717) is 6.54 Å². The average molecular weight is 313 g/mol. The second-order valence-corrected chi connectivity index (χ2v) is 6.41. The number of aromatic hydroxyl groups is 1. The molecule has 0 spiro atoms. The third-order valence-corrected chi connectivity index (χ3v) is 3.14. The lowest BCUT2D eigenvalue weighted by Crippen LogP contribution is -2.32. The predicted molar refractivity (Wildman–Crippen MR) is 93.5 cm³/mol. The van der Waals surface area contributed by atoms with Crippen molar-refractivity contribution < 1.29 is 14.6 Å². The highest BCUT2D eigenvalue weighted by Gasteiger charge is 2.15. The Hall–Kier alpha value is -2.49. The van der Waals surface area contributed by atoms with Crippen LogP contribution < -0.4 is 5.32 Å². The number of rotatable bonds is 4. The monoisotopic (exact) mass is 313 g/mol. The van der Waals surface area contributed by atoms with Gasteiger partial charge in [-0.25, -0.2) is 4.79 Å². The molecular weight excluding hydrogens is 290 g/mol. The number of ether oxygens (including phenoxy) is 1. The third kappa shape index (κ3) is 5.66. The fourth-order valence-corrected chi connectivity index (χ4v) is 2.15. The van der Waals surface area contributed by atoms with Gasteiger partial charge < -0.3 is 15.2 Å². The number of hydrogen-bond acceptors (Lipinski definition) is 3. The van der Waals surface area contributed by atoms with Crippen molar-refractivity contribution >= 4 is 22.9 Å². The zero-order valence-electron chi connectivity index (χ0n) is 13.8. The van der Waals surface area contributed by atoms with E-state index < -0.39 is 11.7 Å². The zero-order chi connectivity index (χ0) is 16.9. The molecule has 0 aliphatic rings. The SMILES string of the molecule is CC(C)(C)OC(=O)NCCC=Cc1ccc2ccc(O)cc2c1. The van der Waals surface area contributed by atoms with Crippen LogP contribution in [0.15, 0.2) is 42.5 Å². The molecule has 2 aromatic carbocycles. The van der Waals surface area contributed by atoms with Gasteiger partial charge in [-0.3, -0.25) is 0 Å². The molecule has 0 fully saturated rings. The third-order valence-electron chi connectivity index (χ3n) is 3.14. The highest BCUT2D eigenvalue weighted by Crippen LogP contribution is 2.21. The summed E-state index contributed by atoms with van der Waals surface area (Å²) >= 11 is 0. The number of hydrogen-bond donors (Lipinski definition) is 2. The molecule has 0 bridgehead atoms. The highest BCUT2D eigenvalue weighted by atomic mass is 16.6. The van der Waals surface area contributed by atoms with Gasteiger partial charge in [-0.2, -0.15) is 0 Å². The highest BCUT2D eigenvalue weighted by molar-refractivity contribution is 5.85. The van der Waals surface area contributed by atoms with E-state index in [1.165, 1.54) is 0 Å². The zero-order valence-corrected chi connectivity index (χ0v) is 13.8. The molecule has 0 radical (unpaired) electrons. The van der Waals surface area contributed by atoms with Gasteiger partial charge in [-0.15, -0.1) is 0 Å². The number of carbonyl (C=O) groups is 1. The van der Waals surface area contributed by atoms with Crippen molar-refractivity contribution in [2.24, 2.45) is 0 Å². The molecule has 2 rings (SSSR count). The minimum absolute atomic E-state index is 0.264. The Morgan fingerprint density at radius 1 is 1.17 bits per heavy atom. The van der Waals surface area contributed by atoms with Gasteiger partial charge in [0.1, 0.15) is 11.4 Å². The van der Waals surface area contributed by atoms with Crippen molar-refractivity contribution in [2.45, 2.75) is 32.8 Å². The largest absolute Gasteiger partial charge is 0.508 e. The van der Waals surface area contributed by atoms with E-state index in [2.05, 4.69) is 5.32 Å². The number of amides is 1. The second-order valence-electron chi connectivity index (χ2n) is 6.41. The van der Waals surface area contributed by atoms with Crippen LogP contribution in [0.5, 0.6) is 5.75 Å². The van der Waals surface area contributed by atoms with Crippen LogP contribution in [0.4, 0.5) is 4.79 Å². The first kappa shape index (κ1) is 16.9. The topological polar surface area (TPSA) is 58.6 Å². The Morgan fingerprint density at radius 3 is 2.65 bits per heavy atom. The Labute approximate surface area is 136 Å². The Bertz CT molecular complexity index is 714. The first-order valence-electron chi connectivity index (χ1n) is 7.70. The minimum Gasteiger partial charge on any atom is -0.508 e. The molecule has 0 aliphatic heterocycles. The van der Waals surface area contributed by atoms with E-state index in [1.54, 1.807) is 12.1 Å². The molecule has 2 N–H and O–H groups in total. The van der Waals surface area contributed by atoms with Crippen molar-refractivity contribution in [3.8, 4) is 5.75 Å². The van der Waals surface area contributed by atoms with Gasteiger partial charge >= 0.3 is 6.09 Å². The summed E-state index contributed by atoms with van der Waals surface area (Å²) in [6.07, 6.45) is 4.32. The summed E-state index contributed by atoms with van der Waals surface area (Å²) in [5.41, 5.74) is 0.580. The maximum absolute atomic E-state index is 11.5. The summed E-state index contributed by atoms with van der Waals surface area (Å²) in [4.78, 5) is 11.5. The standard InChI is InChI=1S/C19H23NO3/c1-19(2,3)23-18(22)20-11-5-4-6-14-7-8-15-9-10-17(21)13-16(15)12-14/h4,6-10,12-13,21H,5,11H2,1-3H3,(H,20,22). The van der Waals surface area contributed by atoms with Crippen LogP contribution in [-0.4, -0.2) is 23.3 Å². The average Bonchev–Trinajstić information content (AvgIpc) is 2.44. The Kier molecular flexibility index (Phi) is 5.27. The molecule has 23 heavy (non-hydrogen) atoms. The fraction of sp³-hybridized carbons (Fsp3) is 0.316. The minimum atomic E-state index is -0.476. The van der Waals surface area contributed by atoms with Crippen LogP contribution in [0.25, 0.3) is 16.8 Å². The molecule has 0 heterocycles. The van der Waals surface area contributed by atoms with Gasteiger partial charge in [0.05, 0.1) is 0 Å². The van der Waals surface area contributed by atoms with E-state index in [-0.39, 0.29) is 5.75 Å². The summed E-state index contributed by atoms with van der Waals surface area (Å²) in [5, 5.41) is 14.3. The molecule has 0 saturated carbocycles. The number of nitrogens with one attached hydrogen (secondary N) is 1. The van der Waals surface area contributed by atoms with Gasteiger partial charge in [0.25, 0.3) is 0 Å². The lowest BCUT2D eigenvalue weighted by molar-refractivity contribution is 0.0529.